The van der Waals surface area contributed by atoms with Gasteiger partial charge < -0.3 is 16.0 Å². The van der Waals surface area contributed by atoms with Crippen LogP contribution in [0.5, 0.6) is 0 Å². The fourth-order valence-corrected chi connectivity index (χ4v) is 2.36. The monoisotopic (exact) mass is 291 g/mol. The highest BCUT2D eigenvalue weighted by molar-refractivity contribution is 5.81. The van der Waals surface area contributed by atoms with Crippen molar-refractivity contribution in [1.82, 2.24) is 10.2 Å². The summed E-state index contributed by atoms with van der Waals surface area (Å²) in [6.45, 7) is 9.14. The van der Waals surface area contributed by atoms with Gasteiger partial charge in [-0.1, -0.05) is 44.2 Å². The Balaban J connectivity index is 2.33. The van der Waals surface area contributed by atoms with E-state index in [-0.39, 0.29) is 11.9 Å². The third kappa shape index (κ3) is 6.74. The van der Waals surface area contributed by atoms with Gasteiger partial charge in [-0.05, 0) is 38.4 Å². The van der Waals surface area contributed by atoms with Gasteiger partial charge in [-0.2, -0.15) is 0 Å². The lowest BCUT2D eigenvalue weighted by Gasteiger charge is -2.24. The van der Waals surface area contributed by atoms with Gasteiger partial charge in [0.1, 0.15) is 0 Å². The Morgan fingerprint density at radius 1 is 1.24 bits per heavy atom. The Kier molecular flexibility index (Phi) is 8.01. The van der Waals surface area contributed by atoms with Crippen LogP contribution in [0.3, 0.4) is 0 Å². The van der Waals surface area contributed by atoms with Crippen LogP contribution in [0.15, 0.2) is 30.3 Å². The van der Waals surface area contributed by atoms with E-state index in [1.165, 1.54) is 5.56 Å². The summed E-state index contributed by atoms with van der Waals surface area (Å²) in [6, 6.07) is 9.82. The van der Waals surface area contributed by atoms with Crippen LogP contribution in [0, 0.1) is 0 Å². The van der Waals surface area contributed by atoms with E-state index in [0.717, 1.165) is 26.1 Å². The highest BCUT2D eigenvalue weighted by Crippen LogP contribution is 2.04. The summed E-state index contributed by atoms with van der Waals surface area (Å²) < 4.78 is 0. The molecule has 0 spiro atoms. The van der Waals surface area contributed by atoms with Gasteiger partial charge >= 0.3 is 0 Å². The maximum Gasteiger partial charge on any atom is 0.237 e. The molecule has 3 N–H and O–H groups in total. The van der Waals surface area contributed by atoms with Crippen molar-refractivity contribution in [3.05, 3.63) is 35.9 Å². The molecular weight excluding hydrogens is 262 g/mol. The molecule has 0 heterocycles. The van der Waals surface area contributed by atoms with Gasteiger partial charge in [0.15, 0.2) is 0 Å². The van der Waals surface area contributed by atoms with Crippen LogP contribution in [0.4, 0.5) is 0 Å². The van der Waals surface area contributed by atoms with Crippen LogP contribution >= 0.6 is 0 Å². The Morgan fingerprint density at radius 3 is 2.43 bits per heavy atom. The van der Waals surface area contributed by atoms with Crippen molar-refractivity contribution < 1.29 is 4.79 Å². The molecule has 0 radical (unpaired) electrons. The van der Waals surface area contributed by atoms with E-state index in [9.17, 15) is 4.79 Å². The van der Waals surface area contributed by atoms with Gasteiger partial charge in [0.25, 0.3) is 0 Å². The molecule has 1 aromatic rings. The first-order valence-corrected chi connectivity index (χ1v) is 7.89. The molecule has 1 amide bonds. The smallest absolute Gasteiger partial charge is 0.237 e. The number of hydrogen-bond donors (Lipinski definition) is 2. The van der Waals surface area contributed by atoms with E-state index in [1.54, 1.807) is 0 Å². The Morgan fingerprint density at radius 2 is 1.86 bits per heavy atom. The number of benzene rings is 1. The molecule has 4 heteroatoms. The van der Waals surface area contributed by atoms with Crippen LogP contribution in [-0.2, 0) is 11.2 Å². The minimum absolute atomic E-state index is 0.0504. The maximum atomic E-state index is 12.1. The molecule has 21 heavy (non-hydrogen) atoms. The molecule has 0 bridgehead atoms. The number of rotatable bonds is 9. The Hall–Kier alpha value is -1.39. The van der Waals surface area contributed by atoms with Crippen LogP contribution in [0.25, 0.3) is 0 Å². The third-order valence-electron chi connectivity index (χ3n) is 3.74. The highest BCUT2D eigenvalue weighted by Gasteiger charge is 2.16. The zero-order valence-corrected chi connectivity index (χ0v) is 13.5. The molecule has 2 atom stereocenters. The molecule has 0 fully saturated rings. The van der Waals surface area contributed by atoms with Crippen molar-refractivity contribution in [2.24, 2.45) is 5.73 Å². The maximum absolute atomic E-state index is 12.1. The van der Waals surface area contributed by atoms with Gasteiger partial charge in [-0.25, -0.2) is 0 Å². The van der Waals surface area contributed by atoms with Crippen molar-refractivity contribution in [2.75, 3.05) is 19.6 Å². The summed E-state index contributed by atoms with van der Waals surface area (Å²) >= 11 is 0. The summed E-state index contributed by atoms with van der Waals surface area (Å²) in [5, 5.41) is 3.01. The minimum Gasteiger partial charge on any atom is -0.351 e. The summed E-state index contributed by atoms with van der Waals surface area (Å²) in [5.41, 5.74) is 7.20. The fraction of sp³-hybridized carbons (Fsp3) is 0.588. The lowest BCUT2D eigenvalue weighted by Crippen LogP contribution is -2.48. The summed E-state index contributed by atoms with van der Waals surface area (Å²) in [4.78, 5) is 14.4. The molecule has 1 aromatic carbocycles. The third-order valence-corrected chi connectivity index (χ3v) is 3.74. The minimum atomic E-state index is -0.440. The second kappa shape index (κ2) is 9.53. The summed E-state index contributed by atoms with van der Waals surface area (Å²) in [7, 11) is 0. The standard InChI is InChI=1S/C17H29N3O/c1-4-20(5-2)13-14(3)19-17(21)16(18)12-11-15-9-7-6-8-10-15/h6-10,14,16H,4-5,11-13,18H2,1-3H3,(H,19,21)/t14?,16-/m0/s1. The number of carbonyl (C=O) groups excluding carboxylic acids is 1. The number of hydrogen-bond acceptors (Lipinski definition) is 3. The second-order valence-electron chi connectivity index (χ2n) is 5.53. The number of carbonyl (C=O) groups is 1. The van der Waals surface area contributed by atoms with E-state index in [2.05, 4.69) is 36.2 Å². The number of amides is 1. The number of nitrogens with zero attached hydrogens (tertiary/aromatic N) is 1. The van der Waals surface area contributed by atoms with E-state index < -0.39 is 6.04 Å². The summed E-state index contributed by atoms with van der Waals surface area (Å²) in [5.74, 6) is -0.0504. The predicted octanol–water partition coefficient (Wildman–Crippen LogP) is 1.79. The Bertz CT molecular complexity index is 404. The topological polar surface area (TPSA) is 58.4 Å². The zero-order valence-electron chi connectivity index (χ0n) is 13.5. The van der Waals surface area contributed by atoms with Gasteiger partial charge in [-0.3, -0.25) is 4.79 Å². The molecule has 0 aliphatic rings. The first-order chi connectivity index (χ1) is 10.1. The lowest BCUT2D eigenvalue weighted by atomic mass is 10.1. The number of nitrogens with one attached hydrogen (secondary N) is 1. The van der Waals surface area contributed by atoms with E-state index >= 15 is 0 Å². The largest absolute Gasteiger partial charge is 0.351 e. The second-order valence-corrected chi connectivity index (χ2v) is 5.53. The van der Waals surface area contributed by atoms with E-state index in [0.29, 0.717) is 6.42 Å². The molecule has 0 saturated carbocycles. The van der Waals surface area contributed by atoms with Crippen LogP contribution in [0.2, 0.25) is 0 Å². The molecule has 118 valence electrons. The normalized spacial score (nSPS) is 14.0. The fourth-order valence-electron chi connectivity index (χ4n) is 2.36. The predicted molar refractivity (Wildman–Crippen MR) is 88.1 cm³/mol. The van der Waals surface area contributed by atoms with Gasteiger partial charge in [0.05, 0.1) is 6.04 Å². The van der Waals surface area contributed by atoms with Gasteiger partial charge in [-0.15, -0.1) is 0 Å². The SMILES string of the molecule is CCN(CC)CC(C)NC(=O)[C@@H](N)CCc1ccccc1. The molecule has 1 unspecified atom stereocenters. The van der Waals surface area contributed by atoms with Crippen molar-refractivity contribution in [3.8, 4) is 0 Å². The van der Waals surface area contributed by atoms with E-state index in [4.69, 9.17) is 5.73 Å². The number of aryl methyl sites for hydroxylation is 1. The van der Waals surface area contributed by atoms with Crippen molar-refractivity contribution in [2.45, 2.75) is 45.7 Å². The first-order valence-electron chi connectivity index (χ1n) is 7.89. The van der Waals surface area contributed by atoms with Crippen molar-refractivity contribution in [1.29, 1.82) is 0 Å². The van der Waals surface area contributed by atoms with E-state index in [1.807, 2.05) is 25.1 Å². The molecular formula is C17H29N3O. The highest BCUT2D eigenvalue weighted by atomic mass is 16.2. The quantitative estimate of drug-likeness (QED) is 0.729. The molecule has 0 saturated heterocycles. The number of likely N-dealkylation sites (N-methyl/N-ethyl adjacent to an activating group) is 1. The van der Waals surface area contributed by atoms with Gasteiger partial charge in [0, 0.05) is 12.6 Å². The first kappa shape index (κ1) is 17.7. The van der Waals surface area contributed by atoms with Gasteiger partial charge in [0.2, 0.25) is 5.91 Å². The molecule has 0 aliphatic carbocycles. The zero-order chi connectivity index (χ0) is 15.7. The van der Waals surface area contributed by atoms with Crippen LogP contribution in [0.1, 0.15) is 32.8 Å². The summed E-state index contributed by atoms with van der Waals surface area (Å²) in [6.07, 6.45) is 1.51. The van der Waals surface area contributed by atoms with Crippen molar-refractivity contribution in [3.63, 3.8) is 0 Å². The lowest BCUT2D eigenvalue weighted by molar-refractivity contribution is -0.123. The van der Waals surface area contributed by atoms with Crippen LogP contribution in [-0.4, -0.2) is 42.5 Å². The Labute approximate surface area is 128 Å². The average Bonchev–Trinajstić information content (AvgIpc) is 2.51. The average molecular weight is 291 g/mol. The molecule has 0 aromatic heterocycles. The molecule has 4 nitrogen and oxygen atoms in total. The molecule has 1 rings (SSSR count). The molecule has 0 aliphatic heterocycles. The van der Waals surface area contributed by atoms with Crippen molar-refractivity contribution >= 4 is 5.91 Å². The number of nitrogens with two attached hydrogens (primary N) is 1. The van der Waals surface area contributed by atoms with Crippen LogP contribution < -0.4 is 11.1 Å².